The minimum absolute atomic E-state index is 0.164. The maximum absolute atomic E-state index is 12.8. The standard InChI is InChI=1S/C16H13F4NO2/c1-21(2)12-9-6-4-3-5-8(9)10(13(22)15(17)18)7-11(12)14(23)16(19)20/h3-7,15-16H,1-2H3. The second kappa shape index (κ2) is 6.36. The second-order valence-corrected chi connectivity index (χ2v) is 5.09. The first-order chi connectivity index (χ1) is 10.8. The number of ketones is 2. The van der Waals surface area contributed by atoms with Crippen LogP contribution in [0.5, 0.6) is 0 Å². The highest BCUT2D eigenvalue weighted by Crippen LogP contribution is 2.34. The lowest BCUT2D eigenvalue weighted by Gasteiger charge is -2.21. The van der Waals surface area contributed by atoms with Crippen LogP contribution in [0.4, 0.5) is 23.2 Å². The van der Waals surface area contributed by atoms with Gasteiger partial charge in [0.15, 0.2) is 0 Å². The molecule has 0 atom stereocenters. The van der Waals surface area contributed by atoms with Crippen LogP contribution in [0.3, 0.4) is 0 Å². The lowest BCUT2D eigenvalue weighted by molar-refractivity contribution is 0.0674. The van der Waals surface area contributed by atoms with Crippen LogP contribution in [0.2, 0.25) is 0 Å². The number of alkyl halides is 4. The Morgan fingerprint density at radius 2 is 1.35 bits per heavy atom. The number of hydrogen-bond donors (Lipinski definition) is 0. The van der Waals surface area contributed by atoms with Crippen molar-refractivity contribution in [3.05, 3.63) is 41.5 Å². The fourth-order valence-corrected chi connectivity index (χ4v) is 2.47. The fourth-order valence-electron chi connectivity index (χ4n) is 2.47. The average molecular weight is 327 g/mol. The Balaban J connectivity index is 2.91. The van der Waals surface area contributed by atoms with Gasteiger partial charge in [0.2, 0.25) is 11.6 Å². The molecule has 0 aliphatic rings. The van der Waals surface area contributed by atoms with E-state index in [0.29, 0.717) is 0 Å². The number of rotatable bonds is 5. The molecule has 0 saturated carbocycles. The quantitative estimate of drug-likeness (QED) is 0.619. The molecule has 0 fully saturated rings. The molecule has 0 spiro atoms. The van der Waals surface area contributed by atoms with Gasteiger partial charge < -0.3 is 4.90 Å². The topological polar surface area (TPSA) is 37.4 Å². The van der Waals surface area contributed by atoms with E-state index in [1.807, 2.05) is 0 Å². The zero-order valence-electron chi connectivity index (χ0n) is 12.3. The molecule has 2 aromatic rings. The van der Waals surface area contributed by atoms with Crippen LogP contribution in [0, 0.1) is 0 Å². The summed E-state index contributed by atoms with van der Waals surface area (Å²) in [4.78, 5) is 24.9. The van der Waals surface area contributed by atoms with Crippen molar-refractivity contribution in [3.63, 3.8) is 0 Å². The number of benzene rings is 2. The third-order valence-electron chi connectivity index (χ3n) is 3.39. The first kappa shape index (κ1) is 16.9. The molecule has 3 nitrogen and oxygen atoms in total. The molecule has 0 saturated heterocycles. The van der Waals surface area contributed by atoms with E-state index in [0.717, 1.165) is 6.07 Å². The maximum Gasteiger partial charge on any atom is 0.300 e. The molecule has 0 amide bonds. The summed E-state index contributed by atoms with van der Waals surface area (Å²) in [6.45, 7) is 0. The monoisotopic (exact) mass is 327 g/mol. The van der Waals surface area contributed by atoms with E-state index in [4.69, 9.17) is 0 Å². The number of carbonyl (C=O) groups is 2. The Kier molecular flexibility index (Phi) is 4.68. The van der Waals surface area contributed by atoms with E-state index in [-0.39, 0.29) is 16.5 Å². The van der Waals surface area contributed by atoms with E-state index in [9.17, 15) is 27.2 Å². The van der Waals surface area contributed by atoms with Crippen LogP contribution < -0.4 is 4.90 Å². The van der Waals surface area contributed by atoms with Gasteiger partial charge in [-0.3, -0.25) is 9.59 Å². The van der Waals surface area contributed by atoms with Crippen molar-refractivity contribution < 1.29 is 27.2 Å². The maximum atomic E-state index is 12.8. The summed E-state index contributed by atoms with van der Waals surface area (Å²) in [6, 6.07) is 6.88. The van der Waals surface area contributed by atoms with Crippen molar-refractivity contribution in [2.75, 3.05) is 19.0 Å². The fraction of sp³-hybridized carbons (Fsp3) is 0.250. The van der Waals surface area contributed by atoms with Crippen LogP contribution >= 0.6 is 0 Å². The Morgan fingerprint density at radius 1 is 0.870 bits per heavy atom. The lowest BCUT2D eigenvalue weighted by Crippen LogP contribution is -2.20. The molecule has 2 aromatic carbocycles. The predicted molar refractivity (Wildman–Crippen MR) is 78.9 cm³/mol. The Hall–Kier alpha value is -2.44. The zero-order chi connectivity index (χ0) is 17.3. The molecule has 0 unspecified atom stereocenters. The number of hydrogen-bond acceptors (Lipinski definition) is 3. The Morgan fingerprint density at radius 3 is 1.83 bits per heavy atom. The highest BCUT2D eigenvalue weighted by molar-refractivity contribution is 6.18. The van der Waals surface area contributed by atoms with Crippen LogP contribution in [0.1, 0.15) is 20.7 Å². The Labute approximate surface area is 129 Å². The molecular weight excluding hydrogens is 314 g/mol. The molecular formula is C16H13F4NO2. The van der Waals surface area contributed by atoms with Gasteiger partial charge in [-0.2, -0.15) is 0 Å². The molecule has 0 radical (unpaired) electrons. The summed E-state index contributed by atoms with van der Waals surface area (Å²) < 4.78 is 51.3. The minimum Gasteiger partial charge on any atom is -0.377 e. The van der Waals surface area contributed by atoms with Gasteiger partial charge in [0.1, 0.15) is 0 Å². The molecule has 23 heavy (non-hydrogen) atoms. The van der Waals surface area contributed by atoms with Gasteiger partial charge in [-0.15, -0.1) is 0 Å². The number of carbonyl (C=O) groups excluding carboxylic acids is 2. The summed E-state index contributed by atoms with van der Waals surface area (Å²) >= 11 is 0. The highest BCUT2D eigenvalue weighted by atomic mass is 19.3. The van der Waals surface area contributed by atoms with E-state index in [1.165, 1.54) is 17.0 Å². The van der Waals surface area contributed by atoms with Crippen molar-refractivity contribution in [1.82, 2.24) is 0 Å². The first-order valence-corrected chi connectivity index (χ1v) is 6.63. The highest BCUT2D eigenvalue weighted by Gasteiger charge is 2.28. The number of halogens is 4. The van der Waals surface area contributed by atoms with Gasteiger partial charge in [-0.1, -0.05) is 24.3 Å². The van der Waals surface area contributed by atoms with Crippen LogP contribution in [-0.2, 0) is 0 Å². The van der Waals surface area contributed by atoms with Gasteiger partial charge in [-0.25, -0.2) is 17.6 Å². The predicted octanol–water partition coefficient (Wildman–Crippen LogP) is 3.80. The van der Waals surface area contributed by atoms with Crippen molar-refractivity contribution in [2.24, 2.45) is 0 Å². The Bertz CT molecular complexity index is 772. The largest absolute Gasteiger partial charge is 0.377 e. The van der Waals surface area contributed by atoms with E-state index in [2.05, 4.69) is 0 Å². The third-order valence-corrected chi connectivity index (χ3v) is 3.39. The van der Waals surface area contributed by atoms with Crippen LogP contribution in [0.25, 0.3) is 10.8 Å². The number of anilines is 1. The summed E-state index contributed by atoms with van der Waals surface area (Å²) in [5.74, 6) is -3.02. The molecule has 0 N–H and O–H groups in total. The molecule has 2 rings (SSSR count). The smallest absolute Gasteiger partial charge is 0.300 e. The van der Waals surface area contributed by atoms with Crippen molar-refractivity contribution in [3.8, 4) is 0 Å². The normalized spacial score (nSPS) is 11.3. The summed E-state index contributed by atoms with van der Waals surface area (Å²) in [5.41, 5.74) is -0.727. The molecule has 7 heteroatoms. The lowest BCUT2D eigenvalue weighted by atomic mass is 9.93. The summed E-state index contributed by atoms with van der Waals surface area (Å²) in [5, 5.41) is 0.473. The molecule has 0 bridgehead atoms. The SMILES string of the molecule is CN(C)c1c(C(=O)C(F)F)cc(C(=O)C(F)F)c2ccccc12. The first-order valence-electron chi connectivity index (χ1n) is 6.63. The van der Waals surface area contributed by atoms with Crippen molar-refractivity contribution in [1.29, 1.82) is 0 Å². The third kappa shape index (κ3) is 3.04. The number of fused-ring (bicyclic) bond motifs is 1. The molecule has 0 heterocycles. The van der Waals surface area contributed by atoms with Gasteiger partial charge in [-0.05, 0) is 11.5 Å². The van der Waals surface area contributed by atoms with Gasteiger partial charge >= 0.3 is 12.9 Å². The molecule has 0 aromatic heterocycles. The number of nitrogens with zero attached hydrogens (tertiary/aromatic N) is 1. The minimum atomic E-state index is -3.30. The van der Waals surface area contributed by atoms with Crippen LogP contribution in [0.15, 0.2) is 30.3 Å². The molecule has 0 aliphatic carbocycles. The molecule has 0 aliphatic heterocycles. The summed E-state index contributed by atoms with van der Waals surface area (Å²) in [7, 11) is 3.08. The van der Waals surface area contributed by atoms with Gasteiger partial charge in [0.25, 0.3) is 0 Å². The van der Waals surface area contributed by atoms with E-state index < -0.39 is 35.5 Å². The zero-order valence-corrected chi connectivity index (χ0v) is 12.3. The van der Waals surface area contributed by atoms with Crippen molar-refractivity contribution in [2.45, 2.75) is 12.9 Å². The summed E-state index contributed by atoms with van der Waals surface area (Å²) in [6.07, 6.45) is -6.59. The molecule has 122 valence electrons. The second-order valence-electron chi connectivity index (χ2n) is 5.09. The van der Waals surface area contributed by atoms with Gasteiger partial charge in [0, 0.05) is 30.6 Å². The van der Waals surface area contributed by atoms with Gasteiger partial charge in [0.05, 0.1) is 5.69 Å². The van der Waals surface area contributed by atoms with Crippen molar-refractivity contribution >= 4 is 28.0 Å². The van der Waals surface area contributed by atoms with E-state index in [1.54, 1.807) is 26.2 Å². The van der Waals surface area contributed by atoms with Crippen LogP contribution in [-0.4, -0.2) is 38.5 Å². The number of Topliss-reactive ketones (excluding diaryl/α,β-unsaturated/α-hetero) is 2. The average Bonchev–Trinajstić information content (AvgIpc) is 2.51. The van der Waals surface area contributed by atoms with E-state index >= 15 is 0 Å².